The second-order valence-corrected chi connectivity index (χ2v) is 6.40. The van der Waals surface area contributed by atoms with E-state index in [0.29, 0.717) is 5.82 Å². The van der Waals surface area contributed by atoms with Crippen LogP contribution in [0, 0.1) is 10.1 Å². The van der Waals surface area contributed by atoms with Gasteiger partial charge in [0, 0.05) is 43.0 Å². The van der Waals surface area contributed by atoms with Gasteiger partial charge in [0.15, 0.2) is 0 Å². The third-order valence-electron chi connectivity index (χ3n) is 4.12. The number of nitro benzene ring substituents is 1. The lowest BCUT2D eigenvalue weighted by Gasteiger charge is -2.11. The molecule has 0 saturated heterocycles. The molecule has 1 atom stereocenters. The molecule has 0 aliphatic carbocycles. The van der Waals surface area contributed by atoms with E-state index in [1.165, 1.54) is 24.3 Å². The second-order valence-electron chi connectivity index (χ2n) is 6.40. The molecule has 3 rings (SSSR count). The van der Waals surface area contributed by atoms with Crippen LogP contribution in [0.25, 0.3) is 11.4 Å². The van der Waals surface area contributed by atoms with E-state index < -0.39 is 16.9 Å². The maximum Gasteiger partial charge on any atom is 0.270 e. The number of nitrogens with zero attached hydrogens (tertiary/aromatic N) is 4. The van der Waals surface area contributed by atoms with Crippen molar-refractivity contribution in [2.45, 2.75) is 13.0 Å². The van der Waals surface area contributed by atoms with Gasteiger partial charge < -0.3 is 14.7 Å². The Morgan fingerprint density at radius 2 is 1.93 bits per heavy atom. The average Bonchev–Trinajstić information content (AvgIpc) is 3.18. The molecule has 1 amide bonds. The number of aromatic nitrogens is 2. The molecule has 0 saturated carbocycles. The van der Waals surface area contributed by atoms with Gasteiger partial charge in [-0.2, -0.15) is 4.98 Å². The summed E-state index contributed by atoms with van der Waals surface area (Å²) >= 11 is 0. The highest BCUT2D eigenvalue weighted by Crippen LogP contribution is 2.22. The SMILES string of the molecule is C[C@@H](NC(=O)c1cccc([N+](=O)[O-])c1)c1nc(-c2ccc(N(C)C)cc2)no1. The molecular formula is C19H19N5O4. The molecule has 1 aromatic heterocycles. The number of anilines is 1. The zero-order chi connectivity index (χ0) is 20.3. The van der Waals surface area contributed by atoms with Gasteiger partial charge in [0.05, 0.1) is 4.92 Å². The summed E-state index contributed by atoms with van der Waals surface area (Å²) in [7, 11) is 3.90. The van der Waals surface area contributed by atoms with E-state index in [1.807, 2.05) is 43.3 Å². The van der Waals surface area contributed by atoms with Crippen molar-refractivity contribution in [3.05, 3.63) is 70.1 Å². The van der Waals surface area contributed by atoms with Crippen molar-refractivity contribution in [1.29, 1.82) is 0 Å². The van der Waals surface area contributed by atoms with Gasteiger partial charge in [-0.25, -0.2) is 0 Å². The van der Waals surface area contributed by atoms with E-state index in [-0.39, 0.29) is 17.1 Å². The summed E-state index contributed by atoms with van der Waals surface area (Å²) in [6.07, 6.45) is 0. The number of hydrogen-bond donors (Lipinski definition) is 1. The Bertz CT molecular complexity index is 998. The topological polar surface area (TPSA) is 114 Å². The molecule has 0 radical (unpaired) electrons. The standard InChI is InChI=1S/C19H19N5O4/c1-12(20-18(25)14-5-4-6-16(11-14)24(26)27)19-21-17(22-28-19)13-7-9-15(10-8-13)23(2)3/h4-12H,1-3H3,(H,20,25)/t12-/m1/s1. The number of amides is 1. The summed E-state index contributed by atoms with van der Waals surface area (Å²) in [5, 5.41) is 17.5. The van der Waals surface area contributed by atoms with Gasteiger partial charge in [-0.1, -0.05) is 11.2 Å². The highest BCUT2D eigenvalue weighted by Gasteiger charge is 2.19. The molecule has 0 aliphatic rings. The van der Waals surface area contributed by atoms with Crippen LogP contribution in [0.4, 0.5) is 11.4 Å². The number of carbonyl (C=O) groups excluding carboxylic acids is 1. The molecule has 0 spiro atoms. The van der Waals surface area contributed by atoms with Gasteiger partial charge in [0.1, 0.15) is 6.04 Å². The molecule has 0 aliphatic heterocycles. The third-order valence-corrected chi connectivity index (χ3v) is 4.12. The van der Waals surface area contributed by atoms with Crippen LogP contribution in [0.1, 0.15) is 29.2 Å². The predicted octanol–water partition coefficient (Wildman–Crippen LogP) is 3.20. The molecule has 3 aromatic rings. The minimum Gasteiger partial charge on any atom is -0.378 e. The fourth-order valence-electron chi connectivity index (χ4n) is 2.54. The molecule has 1 N–H and O–H groups in total. The average molecular weight is 381 g/mol. The lowest BCUT2D eigenvalue weighted by atomic mass is 10.1. The van der Waals surface area contributed by atoms with E-state index in [4.69, 9.17) is 4.52 Å². The van der Waals surface area contributed by atoms with Gasteiger partial charge in [0.2, 0.25) is 11.7 Å². The van der Waals surface area contributed by atoms with Gasteiger partial charge in [-0.05, 0) is 37.3 Å². The van der Waals surface area contributed by atoms with Gasteiger partial charge in [0.25, 0.3) is 11.6 Å². The van der Waals surface area contributed by atoms with Crippen LogP contribution in [0.15, 0.2) is 53.1 Å². The van der Waals surface area contributed by atoms with E-state index in [9.17, 15) is 14.9 Å². The first-order chi connectivity index (χ1) is 13.3. The molecular weight excluding hydrogens is 362 g/mol. The van der Waals surface area contributed by atoms with Crippen LogP contribution in [0.2, 0.25) is 0 Å². The maximum atomic E-state index is 12.4. The molecule has 1 heterocycles. The monoisotopic (exact) mass is 381 g/mol. The fraction of sp³-hybridized carbons (Fsp3) is 0.211. The zero-order valence-corrected chi connectivity index (χ0v) is 15.6. The van der Waals surface area contributed by atoms with Gasteiger partial charge in [-0.15, -0.1) is 0 Å². The van der Waals surface area contributed by atoms with Gasteiger partial charge >= 0.3 is 0 Å². The highest BCUT2D eigenvalue weighted by molar-refractivity contribution is 5.95. The van der Waals surface area contributed by atoms with Crippen LogP contribution >= 0.6 is 0 Å². The summed E-state index contributed by atoms with van der Waals surface area (Å²) in [6.45, 7) is 1.70. The number of nitro groups is 1. The van der Waals surface area contributed by atoms with Crippen molar-refractivity contribution in [3.63, 3.8) is 0 Å². The normalized spacial score (nSPS) is 11.7. The first kappa shape index (κ1) is 19.0. The predicted molar refractivity (Wildman–Crippen MR) is 103 cm³/mol. The Balaban J connectivity index is 1.71. The number of non-ortho nitro benzene ring substituents is 1. The molecule has 2 aromatic carbocycles. The van der Waals surface area contributed by atoms with Crippen molar-refractivity contribution >= 4 is 17.3 Å². The van der Waals surface area contributed by atoms with Crippen molar-refractivity contribution in [2.24, 2.45) is 0 Å². The number of nitrogens with one attached hydrogen (secondary N) is 1. The lowest BCUT2D eigenvalue weighted by molar-refractivity contribution is -0.384. The van der Waals surface area contributed by atoms with Gasteiger partial charge in [-0.3, -0.25) is 14.9 Å². The number of rotatable bonds is 6. The Morgan fingerprint density at radius 1 is 1.21 bits per heavy atom. The summed E-state index contributed by atoms with van der Waals surface area (Å²) < 4.78 is 5.26. The summed E-state index contributed by atoms with van der Waals surface area (Å²) in [5.41, 5.74) is 1.87. The molecule has 9 heteroatoms. The van der Waals surface area contributed by atoms with E-state index >= 15 is 0 Å². The van der Waals surface area contributed by atoms with E-state index in [1.54, 1.807) is 6.92 Å². The van der Waals surface area contributed by atoms with E-state index in [0.717, 1.165) is 11.3 Å². The first-order valence-corrected chi connectivity index (χ1v) is 8.52. The molecule has 0 bridgehead atoms. The van der Waals surface area contributed by atoms with Crippen LogP contribution in [-0.4, -0.2) is 35.1 Å². The minimum absolute atomic E-state index is 0.151. The Morgan fingerprint density at radius 3 is 2.57 bits per heavy atom. The van der Waals surface area contributed by atoms with E-state index in [2.05, 4.69) is 15.5 Å². The number of carbonyl (C=O) groups is 1. The largest absolute Gasteiger partial charge is 0.378 e. The fourth-order valence-corrected chi connectivity index (χ4v) is 2.54. The quantitative estimate of drug-likeness (QED) is 0.515. The molecule has 28 heavy (non-hydrogen) atoms. The molecule has 9 nitrogen and oxygen atoms in total. The van der Waals surface area contributed by atoms with Crippen LogP contribution in [0.3, 0.4) is 0 Å². The summed E-state index contributed by atoms with van der Waals surface area (Å²) in [5.74, 6) is 0.188. The molecule has 0 unspecified atom stereocenters. The molecule has 0 fully saturated rings. The summed E-state index contributed by atoms with van der Waals surface area (Å²) in [4.78, 5) is 29.0. The Hall–Kier alpha value is -3.75. The lowest BCUT2D eigenvalue weighted by Crippen LogP contribution is -2.26. The van der Waals surface area contributed by atoms with Crippen molar-refractivity contribution in [1.82, 2.24) is 15.5 Å². The maximum absolute atomic E-state index is 12.4. The number of benzene rings is 2. The highest BCUT2D eigenvalue weighted by atomic mass is 16.6. The van der Waals surface area contributed by atoms with Crippen LogP contribution < -0.4 is 10.2 Å². The van der Waals surface area contributed by atoms with Crippen molar-refractivity contribution in [2.75, 3.05) is 19.0 Å². The Labute approximate surface area is 161 Å². The zero-order valence-electron chi connectivity index (χ0n) is 15.6. The minimum atomic E-state index is -0.561. The van der Waals surface area contributed by atoms with Crippen molar-refractivity contribution < 1.29 is 14.2 Å². The van der Waals surface area contributed by atoms with Crippen molar-refractivity contribution in [3.8, 4) is 11.4 Å². The van der Waals surface area contributed by atoms with Crippen LogP contribution in [0.5, 0.6) is 0 Å². The first-order valence-electron chi connectivity index (χ1n) is 8.52. The smallest absolute Gasteiger partial charge is 0.270 e. The molecule has 144 valence electrons. The second kappa shape index (κ2) is 7.87. The Kier molecular flexibility index (Phi) is 5.35. The third kappa shape index (κ3) is 4.14. The number of hydrogen-bond acceptors (Lipinski definition) is 7. The van der Waals surface area contributed by atoms with Crippen LogP contribution in [-0.2, 0) is 0 Å². The summed E-state index contributed by atoms with van der Waals surface area (Å²) in [6, 6.07) is 12.6.